The van der Waals surface area contributed by atoms with E-state index >= 15 is 0 Å². The van der Waals surface area contributed by atoms with Gasteiger partial charge in [0.15, 0.2) is 0 Å². The van der Waals surface area contributed by atoms with E-state index in [1.165, 1.54) is 16.8 Å². The Bertz CT molecular complexity index is 400. The molecule has 1 heterocycles. The summed E-state index contributed by atoms with van der Waals surface area (Å²) in [7, 11) is 2.20. The van der Waals surface area contributed by atoms with Gasteiger partial charge in [-0.2, -0.15) is 0 Å². The molecule has 1 aromatic carbocycles. The number of aryl methyl sites for hydroxylation is 1. The summed E-state index contributed by atoms with van der Waals surface area (Å²) in [5, 5.41) is 3.33. The van der Waals surface area contributed by atoms with Crippen LogP contribution in [0.2, 0.25) is 0 Å². The van der Waals surface area contributed by atoms with E-state index in [-0.39, 0.29) is 5.41 Å². The number of rotatable bonds is 2. The molecule has 0 amide bonds. The fraction of sp³-hybridized carbons (Fsp3) is 0.600. The molecule has 0 unspecified atom stereocenters. The molecule has 2 nitrogen and oxygen atoms in total. The standard InChI is InChI=1S/C15H24N2/c1-11-8-12(15(2,3)4)6-7-14(11)17(5)13-9-16-10-13/h6-8,13,16H,9-10H2,1-5H3. The molecule has 2 heteroatoms. The van der Waals surface area contributed by atoms with E-state index in [0.29, 0.717) is 6.04 Å². The summed E-state index contributed by atoms with van der Waals surface area (Å²) in [6.45, 7) is 11.2. The summed E-state index contributed by atoms with van der Waals surface area (Å²) >= 11 is 0. The Labute approximate surface area is 105 Å². The number of hydrogen-bond donors (Lipinski definition) is 1. The van der Waals surface area contributed by atoms with Gasteiger partial charge < -0.3 is 10.2 Å². The molecule has 0 bridgehead atoms. The summed E-state index contributed by atoms with van der Waals surface area (Å²) in [5.74, 6) is 0. The second-order valence-electron chi connectivity index (χ2n) is 6.17. The lowest BCUT2D eigenvalue weighted by atomic mass is 9.86. The highest BCUT2D eigenvalue weighted by Gasteiger charge is 2.23. The summed E-state index contributed by atoms with van der Waals surface area (Å²) in [6, 6.07) is 7.53. The van der Waals surface area contributed by atoms with Crippen molar-refractivity contribution in [2.75, 3.05) is 25.0 Å². The number of nitrogens with one attached hydrogen (secondary N) is 1. The minimum Gasteiger partial charge on any atom is -0.369 e. The fourth-order valence-corrected chi connectivity index (χ4v) is 2.26. The Kier molecular flexibility index (Phi) is 3.17. The average molecular weight is 232 g/mol. The van der Waals surface area contributed by atoms with E-state index in [0.717, 1.165) is 13.1 Å². The third-order valence-electron chi connectivity index (χ3n) is 3.75. The monoisotopic (exact) mass is 232 g/mol. The Morgan fingerprint density at radius 3 is 2.29 bits per heavy atom. The van der Waals surface area contributed by atoms with Crippen molar-refractivity contribution in [3.05, 3.63) is 29.3 Å². The molecule has 0 aliphatic carbocycles. The normalized spacial score (nSPS) is 16.8. The molecule has 0 radical (unpaired) electrons. The molecule has 17 heavy (non-hydrogen) atoms. The topological polar surface area (TPSA) is 15.3 Å². The Hall–Kier alpha value is -1.02. The van der Waals surface area contributed by atoms with Crippen molar-refractivity contribution in [2.24, 2.45) is 0 Å². The molecule has 0 spiro atoms. The maximum absolute atomic E-state index is 3.33. The van der Waals surface area contributed by atoms with Crippen molar-refractivity contribution < 1.29 is 0 Å². The molecular weight excluding hydrogens is 208 g/mol. The molecule has 1 saturated heterocycles. The molecule has 1 aromatic rings. The van der Waals surface area contributed by atoms with Crippen molar-refractivity contribution >= 4 is 5.69 Å². The van der Waals surface area contributed by atoms with Crippen molar-refractivity contribution in [1.82, 2.24) is 5.32 Å². The molecule has 1 fully saturated rings. The predicted molar refractivity (Wildman–Crippen MR) is 74.9 cm³/mol. The van der Waals surface area contributed by atoms with Gasteiger partial charge in [0.25, 0.3) is 0 Å². The van der Waals surface area contributed by atoms with Gasteiger partial charge in [-0.15, -0.1) is 0 Å². The quantitative estimate of drug-likeness (QED) is 0.843. The van der Waals surface area contributed by atoms with Crippen LogP contribution in [0.15, 0.2) is 18.2 Å². The van der Waals surface area contributed by atoms with Gasteiger partial charge in [0.1, 0.15) is 0 Å². The second kappa shape index (κ2) is 4.34. The SMILES string of the molecule is Cc1cc(C(C)(C)C)ccc1N(C)C1CNC1. The number of hydrogen-bond acceptors (Lipinski definition) is 2. The van der Waals surface area contributed by atoms with Crippen LogP contribution in [0.1, 0.15) is 31.9 Å². The Morgan fingerprint density at radius 2 is 1.88 bits per heavy atom. The van der Waals surface area contributed by atoms with Gasteiger partial charge in [0.05, 0.1) is 6.04 Å². The molecule has 1 N–H and O–H groups in total. The van der Waals surface area contributed by atoms with Gasteiger partial charge in [-0.25, -0.2) is 0 Å². The van der Waals surface area contributed by atoms with E-state index < -0.39 is 0 Å². The Balaban J connectivity index is 2.25. The fourth-order valence-electron chi connectivity index (χ4n) is 2.26. The third kappa shape index (κ3) is 2.47. The summed E-state index contributed by atoms with van der Waals surface area (Å²) in [5.41, 5.74) is 4.40. The smallest absolute Gasteiger partial charge is 0.0535 e. The van der Waals surface area contributed by atoms with Gasteiger partial charge in [0.2, 0.25) is 0 Å². The molecular formula is C15H24N2. The molecule has 1 aliphatic heterocycles. The molecule has 2 rings (SSSR count). The van der Waals surface area contributed by atoms with E-state index in [1.807, 2.05) is 0 Å². The molecule has 0 saturated carbocycles. The van der Waals surface area contributed by atoms with Crippen LogP contribution in [0.3, 0.4) is 0 Å². The molecule has 0 atom stereocenters. The lowest BCUT2D eigenvalue weighted by Crippen LogP contribution is -2.56. The zero-order chi connectivity index (χ0) is 12.6. The zero-order valence-corrected chi connectivity index (χ0v) is 11.7. The first-order chi connectivity index (χ1) is 7.89. The average Bonchev–Trinajstić information content (AvgIpc) is 2.12. The number of likely N-dealkylation sites (N-methyl/N-ethyl adjacent to an activating group) is 1. The highest BCUT2D eigenvalue weighted by atomic mass is 15.2. The molecule has 94 valence electrons. The van der Waals surface area contributed by atoms with Crippen LogP contribution in [-0.2, 0) is 5.41 Å². The minimum atomic E-state index is 0.236. The van der Waals surface area contributed by atoms with E-state index in [2.05, 4.69) is 63.2 Å². The highest BCUT2D eigenvalue weighted by molar-refractivity contribution is 5.55. The molecule has 1 aliphatic rings. The van der Waals surface area contributed by atoms with Gasteiger partial charge in [-0.1, -0.05) is 32.9 Å². The summed E-state index contributed by atoms with van der Waals surface area (Å²) < 4.78 is 0. The van der Waals surface area contributed by atoms with E-state index in [1.54, 1.807) is 0 Å². The first-order valence-corrected chi connectivity index (χ1v) is 6.44. The van der Waals surface area contributed by atoms with Gasteiger partial charge in [0, 0.05) is 25.8 Å². The van der Waals surface area contributed by atoms with Gasteiger partial charge in [-0.05, 0) is 29.5 Å². The lowest BCUT2D eigenvalue weighted by molar-refractivity contribution is 0.428. The van der Waals surface area contributed by atoms with Gasteiger partial charge in [-0.3, -0.25) is 0 Å². The van der Waals surface area contributed by atoms with Crippen LogP contribution in [0.4, 0.5) is 5.69 Å². The maximum Gasteiger partial charge on any atom is 0.0535 e. The minimum absolute atomic E-state index is 0.236. The van der Waals surface area contributed by atoms with Crippen molar-refractivity contribution in [1.29, 1.82) is 0 Å². The number of anilines is 1. The van der Waals surface area contributed by atoms with E-state index in [4.69, 9.17) is 0 Å². The van der Waals surface area contributed by atoms with Crippen LogP contribution in [0.5, 0.6) is 0 Å². The van der Waals surface area contributed by atoms with Gasteiger partial charge >= 0.3 is 0 Å². The lowest BCUT2D eigenvalue weighted by Gasteiger charge is -2.38. The predicted octanol–water partition coefficient (Wildman–Crippen LogP) is 2.70. The summed E-state index contributed by atoms with van der Waals surface area (Å²) in [4.78, 5) is 2.40. The van der Waals surface area contributed by atoms with Crippen LogP contribution in [0, 0.1) is 6.92 Å². The number of benzene rings is 1. The van der Waals surface area contributed by atoms with Crippen LogP contribution < -0.4 is 10.2 Å². The highest BCUT2D eigenvalue weighted by Crippen LogP contribution is 2.28. The van der Waals surface area contributed by atoms with Crippen molar-refractivity contribution in [3.8, 4) is 0 Å². The van der Waals surface area contributed by atoms with Crippen LogP contribution in [0.25, 0.3) is 0 Å². The van der Waals surface area contributed by atoms with Crippen LogP contribution in [-0.4, -0.2) is 26.2 Å². The van der Waals surface area contributed by atoms with Crippen molar-refractivity contribution in [3.63, 3.8) is 0 Å². The first-order valence-electron chi connectivity index (χ1n) is 6.44. The number of nitrogens with zero attached hydrogens (tertiary/aromatic N) is 1. The zero-order valence-electron chi connectivity index (χ0n) is 11.7. The second-order valence-corrected chi connectivity index (χ2v) is 6.17. The van der Waals surface area contributed by atoms with E-state index in [9.17, 15) is 0 Å². The Morgan fingerprint density at radius 1 is 1.24 bits per heavy atom. The van der Waals surface area contributed by atoms with Crippen molar-refractivity contribution in [2.45, 2.75) is 39.2 Å². The van der Waals surface area contributed by atoms with Crippen LogP contribution >= 0.6 is 0 Å². The first kappa shape index (κ1) is 12.4. The third-order valence-corrected chi connectivity index (χ3v) is 3.75. The largest absolute Gasteiger partial charge is 0.369 e. The summed E-state index contributed by atoms with van der Waals surface area (Å²) in [6.07, 6.45) is 0. The maximum atomic E-state index is 3.33. The molecule has 0 aromatic heterocycles.